The van der Waals surface area contributed by atoms with Gasteiger partial charge in [-0.25, -0.2) is 4.79 Å². The van der Waals surface area contributed by atoms with Crippen molar-refractivity contribution in [2.45, 2.75) is 51.2 Å². The molecule has 1 atom stereocenters. The highest BCUT2D eigenvalue weighted by atomic mass is 16.2. The largest absolute Gasteiger partial charge is 0.353 e. The summed E-state index contributed by atoms with van der Waals surface area (Å²) in [5.41, 5.74) is 0.126. The maximum absolute atomic E-state index is 12.4. The number of hydrogen-bond acceptors (Lipinski definition) is 4. The lowest BCUT2D eigenvalue weighted by atomic mass is 9.98. The molecule has 7 nitrogen and oxygen atoms in total. The second kappa shape index (κ2) is 7.31. The minimum absolute atomic E-state index is 0.121. The van der Waals surface area contributed by atoms with E-state index in [1.807, 2.05) is 18.2 Å². The fourth-order valence-corrected chi connectivity index (χ4v) is 3.80. The summed E-state index contributed by atoms with van der Waals surface area (Å²) >= 11 is 0. The average molecular weight is 372 g/mol. The number of amides is 4. The number of rotatable bonds is 6. The summed E-state index contributed by atoms with van der Waals surface area (Å²) in [5.74, 6) is -0.627. The molecular weight excluding hydrogens is 344 g/mol. The number of urea groups is 1. The minimum Gasteiger partial charge on any atom is -0.353 e. The molecule has 1 aromatic rings. The van der Waals surface area contributed by atoms with E-state index >= 15 is 0 Å². The molecule has 4 amide bonds. The topological polar surface area (TPSA) is 81.8 Å². The SMILES string of the molecule is CC1(CNC(=O)CN2C(=O)NC(=O)C2(C)C)CCCN1Cc1ccccc1. The minimum atomic E-state index is -1.01. The Balaban J connectivity index is 1.57. The van der Waals surface area contributed by atoms with E-state index < -0.39 is 11.6 Å². The number of likely N-dealkylation sites (tertiary alicyclic amines) is 1. The van der Waals surface area contributed by atoms with Crippen LogP contribution in [0.4, 0.5) is 4.79 Å². The third-order valence-corrected chi connectivity index (χ3v) is 5.79. The molecule has 1 unspecified atom stereocenters. The van der Waals surface area contributed by atoms with Crippen molar-refractivity contribution in [1.29, 1.82) is 0 Å². The highest BCUT2D eigenvalue weighted by Gasteiger charge is 2.46. The molecular formula is C20H28N4O3. The Labute approximate surface area is 160 Å². The first-order valence-electron chi connectivity index (χ1n) is 9.41. The van der Waals surface area contributed by atoms with E-state index in [1.165, 1.54) is 10.5 Å². The van der Waals surface area contributed by atoms with Gasteiger partial charge in [-0.05, 0) is 45.7 Å². The van der Waals surface area contributed by atoms with Gasteiger partial charge in [0.05, 0.1) is 0 Å². The van der Waals surface area contributed by atoms with Crippen LogP contribution in [-0.2, 0) is 16.1 Å². The van der Waals surface area contributed by atoms with E-state index in [-0.39, 0.29) is 23.9 Å². The van der Waals surface area contributed by atoms with Gasteiger partial charge in [-0.2, -0.15) is 0 Å². The number of carbonyl (C=O) groups excluding carboxylic acids is 3. The van der Waals surface area contributed by atoms with Crippen LogP contribution in [0.25, 0.3) is 0 Å². The number of hydrogen-bond donors (Lipinski definition) is 2. The predicted molar refractivity (Wildman–Crippen MR) is 102 cm³/mol. The van der Waals surface area contributed by atoms with Crippen molar-refractivity contribution in [3.63, 3.8) is 0 Å². The summed E-state index contributed by atoms with van der Waals surface area (Å²) in [6.07, 6.45) is 2.10. The van der Waals surface area contributed by atoms with Crippen LogP contribution in [-0.4, -0.2) is 58.4 Å². The molecule has 1 aromatic carbocycles. The third-order valence-electron chi connectivity index (χ3n) is 5.79. The van der Waals surface area contributed by atoms with E-state index in [1.54, 1.807) is 13.8 Å². The number of nitrogens with one attached hydrogen (secondary N) is 2. The summed E-state index contributed by atoms with van der Waals surface area (Å²) in [5, 5.41) is 5.23. The number of nitrogens with zero attached hydrogens (tertiary/aromatic N) is 2. The Kier molecular flexibility index (Phi) is 5.24. The molecule has 2 aliphatic heterocycles. The number of imide groups is 1. The van der Waals surface area contributed by atoms with Gasteiger partial charge in [0, 0.05) is 18.6 Å². The lowest BCUT2D eigenvalue weighted by Gasteiger charge is -2.36. The van der Waals surface area contributed by atoms with Crippen molar-refractivity contribution in [3.8, 4) is 0 Å². The van der Waals surface area contributed by atoms with E-state index in [2.05, 4.69) is 34.6 Å². The first-order chi connectivity index (χ1) is 12.7. The summed E-state index contributed by atoms with van der Waals surface area (Å²) in [4.78, 5) is 39.9. The molecule has 0 bridgehead atoms. The molecule has 146 valence electrons. The second-order valence-corrected chi connectivity index (χ2v) is 8.19. The Bertz CT molecular complexity index is 734. The van der Waals surface area contributed by atoms with Crippen molar-refractivity contribution in [3.05, 3.63) is 35.9 Å². The van der Waals surface area contributed by atoms with Gasteiger partial charge in [0.1, 0.15) is 12.1 Å². The normalized spacial score (nSPS) is 24.9. The summed E-state index contributed by atoms with van der Waals surface area (Å²) in [6, 6.07) is 9.79. The van der Waals surface area contributed by atoms with Gasteiger partial charge in [0.2, 0.25) is 5.91 Å². The van der Waals surface area contributed by atoms with Gasteiger partial charge in [0.15, 0.2) is 0 Å². The lowest BCUT2D eigenvalue weighted by Crippen LogP contribution is -2.53. The zero-order chi connectivity index (χ0) is 19.7. The third kappa shape index (κ3) is 3.98. The molecule has 2 fully saturated rings. The van der Waals surface area contributed by atoms with Gasteiger partial charge in [-0.3, -0.25) is 19.8 Å². The first kappa shape index (κ1) is 19.4. The quantitative estimate of drug-likeness (QED) is 0.742. The van der Waals surface area contributed by atoms with E-state index in [9.17, 15) is 14.4 Å². The lowest BCUT2D eigenvalue weighted by molar-refractivity contribution is -0.127. The molecule has 0 spiro atoms. The van der Waals surface area contributed by atoms with E-state index in [0.717, 1.165) is 25.9 Å². The summed E-state index contributed by atoms with van der Waals surface area (Å²) < 4.78 is 0. The van der Waals surface area contributed by atoms with E-state index in [0.29, 0.717) is 6.54 Å². The van der Waals surface area contributed by atoms with Gasteiger partial charge >= 0.3 is 6.03 Å². The highest BCUT2D eigenvalue weighted by molar-refractivity contribution is 6.07. The van der Waals surface area contributed by atoms with E-state index in [4.69, 9.17) is 0 Å². The maximum atomic E-state index is 12.4. The zero-order valence-electron chi connectivity index (χ0n) is 16.2. The van der Waals surface area contributed by atoms with Crippen LogP contribution in [0.1, 0.15) is 39.2 Å². The Morgan fingerprint density at radius 1 is 1.19 bits per heavy atom. The van der Waals surface area contributed by atoms with Crippen molar-refractivity contribution in [1.82, 2.24) is 20.4 Å². The van der Waals surface area contributed by atoms with Crippen molar-refractivity contribution < 1.29 is 14.4 Å². The van der Waals surface area contributed by atoms with Crippen LogP contribution in [0.15, 0.2) is 30.3 Å². The molecule has 2 aliphatic rings. The van der Waals surface area contributed by atoms with Gasteiger partial charge < -0.3 is 10.2 Å². The van der Waals surface area contributed by atoms with Crippen molar-refractivity contribution >= 4 is 17.8 Å². The molecule has 0 radical (unpaired) electrons. The average Bonchev–Trinajstić information content (AvgIpc) is 3.07. The second-order valence-electron chi connectivity index (χ2n) is 8.19. The molecule has 3 rings (SSSR count). The Morgan fingerprint density at radius 2 is 1.89 bits per heavy atom. The molecule has 2 N–H and O–H groups in total. The molecule has 7 heteroatoms. The van der Waals surface area contributed by atoms with Crippen LogP contribution in [0.2, 0.25) is 0 Å². The standard InChI is InChI=1S/C20H28N4O3/c1-19(2)17(26)22-18(27)24(19)13-16(25)21-14-20(3)10-7-11-23(20)12-15-8-5-4-6-9-15/h4-6,8-9H,7,10-14H2,1-3H3,(H,21,25)(H,22,26,27). The molecule has 0 saturated carbocycles. The van der Waals surface area contributed by atoms with Crippen LogP contribution in [0, 0.1) is 0 Å². The zero-order valence-corrected chi connectivity index (χ0v) is 16.2. The molecule has 2 saturated heterocycles. The Morgan fingerprint density at radius 3 is 2.52 bits per heavy atom. The smallest absolute Gasteiger partial charge is 0.325 e. The molecule has 0 aromatic heterocycles. The summed E-state index contributed by atoms with van der Waals surface area (Å²) in [7, 11) is 0. The Hall–Kier alpha value is -2.41. The molecule has 27 heavy (non-hydrogen) atoms. The fraction of sp³-hybridized carbons (Fsp3) is 0.550. The summed E-state index contributed by atoms with van der Waals surface area (Å²) in [6.45, 7) is 7.68. The number of benzene rings is 1. The highest BCUT2D eigenvalue weighted by Crippen LogP contribution is 2.30. The van der Waals surface area contributed by atoms with Crippen LogP contribution in [0.3, 0.4) is 0 Å². The maximum Gasteiger partial charge on any atom is 0.325 e. The van der Waals surface area contributed by atoms with Crippen molar-refractivity contribution in [2.75, 3.05) is 19.6 Å². The van der Waals surface area contributed by atoms with Crippen LogP contribution < -0.4 is 10.6 Å². The van der Waals surface area contributed by atoms with Crippen LogP contribution in [0.5, 0.6) is 0 Å². The van der Waals surface area contributed by atoms with Gasteiger partial charge in [-0.15, -0.1) is 0 Å². The van der Waals surface area contributed by atoms with Crippen molar-refractivity contribution in [2.24, 2.45) is 0 Å². The van der Waals surface area contributed by atoms with Gasteiger partial charge in [0.25, 0.3) is 5.91 Å². The van der Waals surface area contributed by atoms with Gasteiger partial charge in [-0.1, -0.05) is 30.3 Å². The predicted octanol–water partition coefficient (Wildman–Crippen LogP) is 1.49. The van der Waals surface area contributed by atoms with Crippen LogP contribution >= 0.6 is 0 Å². The molecule has 0 aliphatic carbocycles. The molecule has 2 heterocycles. The monoisotopic (exact) mass is 372 g/mol. The number of carbonyl (C=O) groups is 3. The first-order valence-corrected chi connectivity index (χ1v) is 9.41. The fourth-order valence-electron chi connectivity index (χ4n) is 3.80.